The van der Waals surface area contributed by atoms with E-state index in [1.807, 2.05) is 0 Å². The number of benzene rings is 1. The van der Waals surface area contributed by atoms with E-state index in [2.05, 4.69) is 15.8 Å². The second kappa shape index (κ2) is 9.50. The monoisotopic (exact) mass is 348 g/mol. The molecule has 0 atom stereocenters. The number of carbonyl (C=O) groups is 2. The zero-order valence-corrected chi connectivity index (χ0v) is 13.6. The number of hydrazine groups is 1. The number of hydrogen-bond acceptors (Lipinski definition) is 6. The molecule has 1 aromatic rings. The van der Waals surface area contributed by atoms with Crippen LogP contribution >= 0.6 is 0 Å². The molecule has 0 aliphatic carbocycles. The molecule has 1 heterocycles. The molecule has 0 radical (unpaired) electrons. The van der Waals surface area contributed by atoms with E-state index in [0.717, 1.165) is 13.1 Å². The quantitative estimate of drug-likeness (QED) is 0.439. The second-order valence-corrected chi connectivity index (χ2v) is 5.43. The van der Waals surface area contributed by atoms with Crippen molar-refractivity contribution in [2.24, 2.45) is 0 Å². The van der Waals surface area contributed by atoms with E-state index in [4.69, 9.17) is 4.74 Å². The smallest absolute Gasteiger partial charge is 0.270 e. The maximum atomic E-state index is 11.7. The summed E-state index contributed by atoms with van der Waals surface area (Å²) in [5.41, 5.74) is 5.07. The average molecular weight is 348 g/mol. The number of nitrogens with zero attached hydrogens (tertiary/aromatic N) is 2. The Morgan fingerprint density at radius 1 is 1.28 bits per heavy atom. The number of ether oxygens (including phenoxy) is 1. The average Bonchev–Trinajstić information content (AvgIpc) is 2.64. The highest BCUT2D eigenvalue weighted by atomic mass is 16.6. The van der Waals surface area contributed by atoms with E-state index < -0.39 is 10.8 Å². The molecule has 2 N–H and O–H groups in total. The summed E-state index contributed by atoms with van der Waals surface area (Å²) in [6.45, 7) is 3.54. The number of nitrogens with one attached hydrogen (secondary N) is 2. The van der Waals surface area contributed by atoms with Crippen molar-refractivity contribution in [3.63, 3.8) is 0 Å². The third-order valence-corrected chi connectivity index (χ3v) is 3.59. The van der Waals surface area contributed by atoms with Crippen LogP contribution in [0.3, 0.4) is 0 Å². The van der Waals surface area contributed by atoms with Crippen LogP contribution < -0.4 is 10.9 Å². The molecule has 0 spiro atoms. The molecule has 1 fully saturated rings. The highest BCUT2D eigenvalue weighted by molar-refractivity contribution is 5.93. The first-order valence-corrected chi connectivity index (χ1v) is 7.86. The molecule has 1 aromatic carbocycles. The minimum atomic E-state index is -0.522. The van der Waals surface area contributed by atoms with Gasteiger partial charge in [0.2, 0.25) is 5.91 Å². The predicted molar refractivity (Wildman–Crippen MR) is 90.3 cm³/mol. The van der Waals surface area contributed by atoms with Crippen LogP contribution in [0.5, 0.6) is 0 Å². The highest BCUT2D eigenvalue weighted by Crippen LogP contribution is 2.13. The zero-order valence-electron chi connectivity index (χ0n) is 13.6. The van der Waals surface area contributed by atoms with Crippen molar-refractivity contribution >= 4 is 23.6 Å². The van der Waals surface area contributed by atoms with Crippen molar-refractivity contribution < 1.29 is 19.2 Å². The molecule has 0 bridgehead atoms. The lowest BCUT2D eigenvalue weighted by atomic mass is 10.2. The summed E-state index contributed by atoms with van der Waals surface area (Å²) >= 11 is 0. The molecule has 9 heteroatoms. The van der Waals surface area contributed by atoms with Crippen LogP contribution in [0.25, 0.3) is 6.08 Å². The Hall–Kier alpha value is -2.78. The SMILES string of the molecule is O=C(/C=C/c1cccc([N+](=O)[O-])c1)NNC(=O)CCN1CCOCC1. The highest BCUT2D eigenvalue weighted by Gasteiger charge is 2.12. The summed E-state index contributed by atoms with van der Waals surface area (Å²) < 4.78 is 5.23. The van der Waals surface area contributed by atoms with Crippen LogP contribution in [0, 0.1) is 10.1 Å². The van der Waals surface area contributed by atoms with Crippen molar-refractivity contribution in [1.82, 2.24) is 15.8 Å². The van der Waals surface area contributed by atoms with E-state index in [-0.39, 0.29) is 18.0 Å². The van der Waals surface area contributed by atoms with Gasteiger partial charge in [-0.25, -0.2) is 0 Å². The molecule has 0 saturated carbocycles. The van der Waals surface area contributed by atoms with Crippen LogP contribution in [-0.4, -0.2) is 54.5 Å². The largest absolute Gasteiger partial charge is 0.379 e. The first-order chi connectivity index (χ1) is 12.0. The topological polar surface area (TPSA) is 114 Å². The van der Waals surface area contributed by atoms with E-state index in [1.165, 1.54) is 30.4 Å². The molecular weight excluding hydrogens is 328 g/mol. The second-order valence-electron chi connectivity index (χ2n) is 5.43. The fourth-order valence-corrected chi connectivity index (χ4v) is 2.23. The van der Waals surface area contributed by atoms with Gasteiger partial charge < -0.3 is 4.74 Å². The molecule has 2 amide bonds. The first kappa shape index (κ1) is 18.6. The van der Waals surface area contributed by atoms with Crippen molar-refractivity contribution in [3.8, 4) is 0 Å². The molecule has 0 aromatic heterocycles. The number of nitro benzene ring substituents is 1. The van der Waals surface area contributed by atoms with Crippen LogP contribution in [-0.2, 0) is 14.3 Å². The fourth-order valence-electron chi connectivity index (χ4n) is 2.23. The number of rotatable bonds is 6. The van der Waals surface area contributed by atoms with Crippen LogP contribution in [0.1, 0.15) is 12.0 Å². The predicted octanol–water partition coefficient (Wildman–Crippen LogP) is 0.478. The third kappa shape index (κ3) is 6.69. The van der Waals surface area contributed by atoms with Gasteiger partial charge in [-0.3, -0.25) is 35.5 Å². The van der Waals surface area contributed by atoms with Crippen molar-refractivity contribution in [2.45, 2.75) is 6.42 Å². The van der Waals surface area contributed by atoms with Gasteiger partial charge >= 0.3 is 0 Å². The van der Waals surface area contributed by atoms with Crippen molar-refractivity contribution in [2.75, 3.05) is 32.8 Å². The number of carbonyl (C=O) groups excluding carboxylic acids is 2. The Morgan fingerprint density at radius 2 is 2.04 bits per heavy atom. The van der Waals surface area contributed by atoms with Gasteiger partial charge in [-0.1, -0.05) is 12.1 Å². The maximum absolute atomic E-state index is 11.7. The van der Waals surface area contributed by atoms with E-state index in [1.54, 1.807) is 6.07 Å². The summed E-state index contributed by atoms with van der Waals surface area (Å²) in [5, 5.41) is 10.7. The van der Waals surface area contributed by atoms with Gasteiger partial charge in [-0.05, 0) is 11.6 Å². The van der Waals surface area contributed by atoms with Gasteiger partial charge in [0.1, 0.15) is 0 Å². The lowest BCUT2D eigenvalue weighted by Gasteiger charge is -2.26. The summed E-state index contributed by atoms with van der Waals surface area (Å²) in [7, 11) is 0. The van der Waals surface area contributed by atoms with Crippen LogP contribution in [0.4, 0.5) is 5.69 Å². The molecule has 2 rings (SSSR count). The first-order valence-electron chi connectivity index (χ1n) is 7.86. The summed E-state index contributed by atoms with van der Waals surface area (Å²) in [6, 6.07) is 5.89. The Labute approximate surface area is 144 Å². The number of nitro groups is 1. The normalized spacial score (nSPS) is 15.0. The van der Waals surface area contributed by atoms with Gasteiger partial charge in [0.25, 0.3) is 11.6 Å². The number of hydrogen-bond donors (Lipinski definition) is 2. The van der Waals surface area contributed by atoms with Crippen molar-refractivity contribution in [1.29, 1.82) is 0 Å². The number of amides is 2. The lowest BCUT2D eigenvalue weighted by Crippen LogP contribution is -2.43. The Bertz CT molecular complexity index is 656. The standard InChI is InChI=1S/C16H20N4O5/c21-15(5-4-13-2-1-3-14(12-13)20(23)24)17-18-16(22)6-7-19-8-10-25-11-9-19/h1-5,12H,6-11H2,(H,17,21)(H,18,22)/b5-4+. The maximum Gasteiger partial charge on any atom is 0.270 e. The summed E-state index contributed by atoms with van der Waals surface area (Å²) in [5.74, 6) is -0.810. The van der Waals surface area contributed by atoms with E-state index >= 15 is 0 Å². The van der Waals surface area contributed by atoms with Crippen LogP contribution in [0.2, 0.25) is 0 Å². The minimum absolute atomic E-state index is 0.0565. The molecular formula is C16H20N4O5. The van der Waals surface area contributed by atoms with Gasteiger partial charge in [-0.15, -0.1) is 0 Å². The van der Waals surface area contributed by atoms with Gasteiger partial charge in [0.15, 0.2) is 0 Å². The Kier molecular flexibility index (Phi) is 7.05. The van der Waals surface area contributed by atoms with Crippen LogP contribution in [0.15, 0.2) is 30.3 Å². The summed E-state index contributed by atoms with van der Waals surface area (Å²) in [6.07, 6.45) is 2.90. The molecule has 9 nitrogen and oxygen atoms in total. The fraction of sp³-hybridized carbons (Fsp3) is 0.375. The van der Waals surface area contributed by atoms with Crippen molar-refractivity contribution in [3.05, 3.63) is 46.0 Å². The number of non-ortho nitro benzene ring substituents is 1. The Morgan fingerprint density at radius 3 is 2.76 bits per heavy atom. The molecule has 25 heavy (non-hydrogen) atoms. The molecule has 1 aliphatic heterocycles. The van der Waals surface area contributed by atoms with E-state index in [9.17, 15) is 19.7 Å². The molecule has 1 aliphatic rings. The van der Waals surface area contributed by atoms with E-state index in [0.29, 0.717) is 25.3 Å². The zero-order chi connectivity index (χ0) is 18.1. The van der Waals surface area contributed by atoms with Gasteiger partial charge in [0.05, 0.1) is 18.1 Å². The molecule has 134 valence electrons. The van der Waals surface area contributed by atoms with Gasteiger partial charge in [-0.2, -0.15) is 0 Å². The number of morpholine rings is 1. The summed E-state index contributed by atoms with van der Waals surface area (Å²) in [4.78, 5) is 35.7. The minimum Gasteiger partial charge on any atom is -0.379 e. The molecule has 1 saturated heterocycles. The molecule has 0 unspecified atom stereocenters. The van der Waals surface area contributed by atoms with Gasteiger partial charge in [0, 0.05) is 44.3 Å². The lowest BCUT2D eigenvalue weighted by molar-refractivity contribution is -0.384. The third-order valence-electron chi connectivity index (χ3n) is 3.59. The Balaban J connectivity index is 1.71.